The van der Waals surface area contributed by atoms with Crippen molar-refractivity contribution in [3.05, 3.63) is 23.8 Å². The molecule has 1 unspecified atom stereocenters. The molecule has 1 aromatic carbocycles. The molecule has 3 heteroatoms. The smallest absolute Gasteiger partial charge is 0.160 e. The van der Waals surface area contributed by atoms with Crippen LogP contribution in [0.2, 0.25) is 0 Å². The third kappa shape index (κ3) is 5.11. The zero-order chi connectivity index (χ0) is 14.1. The Kier molecular flexibility index (Phi) is 7.34. The van der Waals surface area contributed by atoms with Crippen LogP contribution >= 0.6 is 0 Å². The van der Waals surface area contributed by atoms with Crippen molar-refractivity contribution in [2.75, 3.05) is 20.8 Å². The zero-order valence-electron chi connectivity index (χ0n) is 12.7. The molecule has 3 nitrogen and oxygen atoms in total. The number of nitrogens with one attached hydrogen (secondary N) is 1. The van der Waals surface area contributed by atoms with Gasteiger partial charge in [0.15, 0.2) is 11.5 Å². The average molecular weight is 265 g/mol. The Morgan fingerprint density at radius 1 is 1.11 bits per heavy atom. The van der Waals surface area contributed by atoms with Crippen molar-refractivity contribution in [2.45, 2.75) is 45.6 Å². The van der Waals surface area contributed by atoms with Crippen molar-refractivity contribution in [3.8, 4) is 11.5 Å². The maximum atomic E-state index is 5.32. The van der Waals surface area contributed by atoms with Crippen LogP contribution in [0.25, 0.3) is 0 Å². The summed E-state index contributed by atoms with van der Waals surface area (Å²) in [6, 6.07) is 6.77. The first kappa shape index (κ1) is 15.8. The molecule has 0 aromatic heterocycles. The molecule has 0 aliphatic rings. The summed E-state index contributed by atoms with van der Waals surface area (Å²) in [6.07, 6.45) is 4.70. The summed E-state index contributed by atoms with van der Waals surface area (Å²) < 4.78 is 10.6. The van der Waals surface area contributed by atoms with Gasteiger partial charge in [0.1, 0.15) is 0 Å². The first-order chi connectivity index (χ1) is 9.24. The number of benzene rings is 1. The minimum atomic E-state index is 0.644. The third-order valence-corrected chi connectivity index (χ3v) is 3.42. The largest absolute Gasteiger partial charge is 0.493 e. The molecule has 1 rings (SSSR count). The number of hydrogen-bond acceptors (Lipinski definition) is 3. The quantitative estimate of drug-likeness (QED) is 0.742. The van der Waals surface area contributed by atoms with Gasteiger partial charge >= 0.3 is 0 Å². The fourth-order valence-corrected chi connectivity index (χ4v) is 2.26. The third-order valence-electron chi connectivity index (χ3n) is 3.42. The molecular weight excluding hydrogens is 238 g/mol. The van der Waals surface area contributed by atoms with Gasteiger partial charge in [-0.1, -0.05) is 26.3 Å². The topological polar surface area (TPSA) is 30.5 Å². The fourth-order valence-electron chi connectivity index (χ4n) is 2.26. The normalized spacial score (nSPS) is 12.2. The number of methoxy groups -OCH3 is 2. The van der Waals surface area contributed by atoms with Crippen LogP contribution < -0.4 is 14.8 Å². The van der Waals surface area contributed by atoms with Gasteiger partial charge in [-0.3, -0.25) is 0 Å². The van der Waals surface area contributed by atoms with Crippen LogP contribution in [0, 0.1) is 0 Å². The lowest BCUT2D eigenvalue weighted by atomic mass is 10.1. The summed E-state index contributed by atoms with van der Waals surface area (Å²) in [7, 11) is 3.34. The van der Waals surface area contributed by atoms with Crippen molar-refractivity contribution in [1.29, 1.82) is 0 Å². The molecule has 0 bridgehead atoms. The Morgan fingerprint density at radius 3 is 2.42 bits per heavy atom. The van der Waals surface area contributed by atoms with Gasteiger partial charge in [-0.2, -0.15) is 0 Å². The summed E-state index contributed by atoms with van der Waals surface area (Å²) in [5.41, 5.74) is 1.27. The van der Waals surface area contributed by atoms with Crippen LogP contribution in [0.5, 0.6) is 11.5 Å². The van der Waals surface area contributed by atoms with Crippen LogP contribution in [0.15, 0.2) is 18.2 Å². The predicted octanol–water partition coefficient (Wildman–Crippen LogP) is 3.41. The molecule has 1 atom stereocenters. The van der Waals surface area contributed by atoms with Gasteiger partial charge in [-0.05, 0) is 43.5 Å². The van der Waals surface area contributed by atoms with Gasteiger partial charge in [0.25, 0.3) is 0 Å². The molecule has 0 aliphatic carbocycles. The van der Waals surface area contributed by atoms with E-state index in [0.717, 1.165) is 24.5 Å². The highest BCUT2D eigenvalue weighted by molar-refractivity contribution is 5.42. The van der Waals surface area contributed by atoms with Gasteiger partial charge in [-0.15, -0.1) is 0 Å². The Bertz CT molecular complexity index is 366. The van der Waals surface area contributed by atoms with E-state index in [1.807, 2.05) is 6.07 Å². The molecule has 19 heavy (non-hydrogen) atoms. The highest BCUT2D eigenvalue weighted by Gasteiger charge is 2.06. The summed E-state index contributed by atoms with van der Waals surface area (Å²) in [5, 5.41) is 3.61. The molecule has 1 N–H and O–H groups in total. The second-order valence-corrected chi connectivity index (χ2v) is 4.79. The van der Waals surface area contributed by atoms with E-state index in [-0.39, 0.29) is 0 Å². The van der Waals surface area contributed by atoms with Gasteiger partial charge in [0, 0.05) is 6.04 Å². The molecule has 0 spiro atoms. The van der Waals surface area contributed by atoms with Gasteiger partial charge < -0.3 is 14.8 Å². The fraction of sp³-hybridized carbons (Fsp3) is 0.625. The molecule has 0 saturated heterocycles. The summed E-state index contributed by atoms with van der Waals surface area (Å²) in [4.78, 5) is 0. The lowest BCUT2D eigenvalue weighted by Gasteiger charge is -2.16. The maximum absolute atomic E-state index is 5.32. The van der Waals surface area contributed by atoms with E-state index in [0.29, 0.717) is 6.04 Å². The number of ether oxygens (including phenoxy) is 2. The molecule has 0 amide bonds. The SMILES string of the molecule is CCCC(CC)NCCc1ccc(OC)c(OC)c1. The number of rotatable bonds is 9. The Balaban J connectivity index is 2.49. The highest BCUT2D eigenvalue weighted by Crippen LogP contribution is 2.27. The summed E-state index contributed by atoms with van der Waals surface area (Å²) >= 11 is 0. The molecule has 1 aromatic rings. The van der Waals surface area contributed by atoms with Crippen LogP contribution in [-0.4, -0.2) is 26.8 Å². The standard InChI is InChI=1S/C16H27NO2/c1-5-7-14(6-2)17-11-10-13-8-9-15(18-3)16(12-13)19-4/h8-9,12,14,17H,5-7,10-11H2,1-4H3. The van der Waals surface area contributed by atoms with Crippen LogP contribution in [0.4, 0.5) is 0 Å². The Hall–Kier alpha value is -1.22. The second-order valence-electron chi connectivity index (χ2n) is 4.79. The van der Waals surface area contributed by atoms with E-state index in [4.69, 9.17) is 9.47 Å². The van der Waals surface area contributed by atoms with Crippen LogP contribution in [-0.2, 0) is 6.42 Å². The molecule has 0 saturated carbocycles. The van der Waals surface area contributed by atoms with E-state index in [1.165, 1.54) is 24.8 Å². The second kappa shape index (κ2) is 8.81. The van der Waals surface area contributed by atoms with Gasteiger partial charge in [-0.25, -0.2) is 0 Å². The van der Waals surface area contributed by atoms with E-state index in [9.17, 15) is 0 Å². The zero-order valence-corrected chi connectivity index (χ0v) is 12.7. The Morgan fingerprint density at radius 2 is 1.84 bits per heavy atom. The first-order valence-electron chi connectivity index (χ1n) is 7.19. The highest BCUT2D eigenvalue weighted by atomic mass is 16.5. The molecular formula is C16H27NO2. The molecule has 0 radical (unpaired) electrons. The molecule has 108 valence electrons. The van der Waals surface area contributed by atoms with E-state index in [1.54, 1.807) is 14.2 Å². The lowest BCUT2D eigenvalue weighted by molar-refractivity contribution is 0.354. The van der Waals surface area contributed by atoms with Crippen molar-refractivity contribution < 1.29 is 9.47 Å². The Labute approximate surface area is 117 Å². The van der Waals surface area contributed by atoms with Crippen molar-refractivity contribution >= 4 is 0 Å². The summed E-state index contributed by atoms with van der Waals surface area (Å²) in [5.74, 6) is 1.59. The molecule has 0 heterocycles. The van der Waals surface area contributed by atoms with Crippen LogP contribution in [0.3, 0.4) is 0 Å². The van der Waals surface area contributed by atoms with Gasteiger partial charge in [0.05, 0.1) is 14.2 Å². The van der Waals surface area contributed by atoms with Crippen molar-refractivity contribution in [3.63, 3.8) is 0 Å². The van der Waals surface area contributed by atoms with E-state index in [2.05, 4.69) is 31.3 Å². The number of hydrogen-bond donors (Lipinski definition) is 1. The van der Waals surface area contributed by atoms with Crippen molar-refractivity contribution in [2.24, 2.45) is 0 Å². The van der Waals surface area contributed by atoms with Crippen LogP contribution in [0.1, 0.15) is 38.7 Å². The average Bonchev–Trinajstić information content (AvgIpc) is 2.46. The molecule has 0 aliphatic heterocycles. The predicted molar refractivity (Wildman–Crippen MR) is 80.2 cm³/mol. The minimum Gasteiger partial charge on any atom is -0.493 e. The molecule has 0 fully saturated rings. The van der Waals surface area contributed by atoms with E-state index < -0.39 is 0 Å². The van der Waals surface area contributed by atoms with Crippen molar-refractivity contribution in [1.82, 2.24) is 5.32 Å². The van der Waals surface area contributed by atoms with Gasteiger partial charge in [0.2, 0.25) is 0 Å². The monoisotopic (exact) mass is 265 g/mol. The van der Waals surface area contributed by atoms with E-state index >= 15 is 0 Å². The summed E-state index contributed by atoms with van der Waals surface area (Å²) in [6.45, 7) is 5.48. The lowest BCUT2D eigenvalue weighted by Crippen LogP contribution is -2.30. The first-order valence-corrected chi connectivity index (χ1v) is 7.19. The minimum absolute atomic E-state index is 0.644. The maximum Gasteiger partial charge on any atom is 0.160 e.